The van der Waals surface area contributed by atoms with Crippen LogP contribution in [-0.2, 0) is 16.4 Å². The van der Waals surface area contributed by atoms with Gasteiger partial charge in [-0.2, -0.15) is 4.98 Å². The highest BCUT2D eigenvalue weighted by Gasteiger charge is 2.19. The molecular weight excluding hydrogens is 396 g/mol. The summed E-state index contributed by atoms with van der Waals surface area (Å²) in [7, 11) is -3.65. The Labute approximate surface area is 166 Å². The van der Waals surface area contributed by atoms with Crippen LogP contribution >= 0.6 is 11.3 Å². The van der Waals surface area contributed by atoms with Crippen LogP contribution in [0.4, 0.5) is 5.69 Å². The van der Waals surface area contributed by atoms with Gasteiger partial charge in [0.15, 0.2) is 0 Å². The van der Waals surface area contributed by atoms with Crippen LogP contribution in [0.1, 0.15) is 16.3 Å². The summed E-state index contributed by atoms with van der Waals surface area (Å²) < 4.78 is 33.6. The SMILES string of the molecule is Cc1ccc(S(=O)(=O)Nc2ccccc2Cc2nc(-c3cccnc3)no2)s1. The van der Waals surface area contributed by atoms with Crippen LogP contribution in [0.3, 0.4) is 0 Å². The summed E-state index contributed by atoms with van der Waals surface area (Å²) >= 11 is 1.23. The summed E-state index contributed by atoms with van der Waals surface area (Å²) in [4.78, 5) is 9.36. The molecule has 0 radical (unpaired) electrons. The van der Waals surface area contributed by atoms with Crippen molar-refractivity contribution in [3.05, 3.63) is 77.3 Å². The maximum atomic E-state index is 12.6. The van der Waals surface area contributed by atoms with Gasteiger partial charge in [0.2, 0.25) is 11.7 Å². The Kier molecular flexibility index (Phi) is 4.93. The Morgan fingerprint density at radius 3 is 2.71 bits per heavy atom. The number of aryl methyl sites for hydroxylation is 1. The fraction of sp³-hybridized carbons (Fsp3) is 0.105. The molecular formula is C19H16N4O3S2. The van der Waals surface area contributed by atoms with Gasteiger partial charge in [0, 0.05) is 22.8 Å². The van der Waals surface area contributed by atoms with E-state index in [1.165, 1.54) is 11.3 Å². The fourth-order valence-electron chi connectivity index (χ4n) is 2.63. The zero-order chi connectivity index (χ0) is 19.6. The summed E-state index contributed by atoms with van der Waals surface area (Å²) in [6.07, 6.45) is 3.62. The number of para-hydroxylation sites is 1. The molecule has 0 aliphatic carbocycles. The Morgan fingerprint density at radius 1 is 1.11 bits per heavy atom. The Hall–Kier alpha value is -3.04. The predicted octanol–water partition coefficient (Wildman–Crippen LogP) is 3.89. The molecule has 0 aliphatic heterocycles. The first-order valence-electron chi connectivity index (χ1n) is 8.41. The molecule has 7 nitrogen and oxygen atoms in total. The third-order valence-electron chi connectivity index (χ3n) is 3.97. The van der Waals surface area contributed by atoms with Crippen LogP contribution in [0.5, 0.6) is 0 Å². The number of benzene rings is 1. The molecule has 4 rings (SSSR count). The Morgan fingerprint density at radius 2 is 1.96 bits per heavy atom. The van der Waals surface area contributed by atoms with E-state index in [-0.39, 0.29) is 4.21 Å². The van der Waals surface area contributed by atoms with Gasteiger partial charge in [-0.3, -0.25) is 9.71 Å². The molecule has 0 aliphatic rings. The second-order valence-corrected chi connectivity index (χ2v) is 9.26. The van der Waals surface area contributed by atoms with Gasteiger partial charge in [-0.25, -0.2) is 8.42 Å². The third-order valence-corrected chi connectivity index (χ3v) is 6.83. The molecule has 0 atom stereocenters. The van der Waals surface area contributed by atoms with Crippen molar-refractivity contribution in [1.82, 2.24) is 15.1 Å². The summed E-state index contributed by atoms with van der Waals surface area (Å²) in [5.74, 6) is 0.827. The number of rotatable bonds is 6. The van der Waals surface area contributed by atoms with Crippen LogP contribution in [0.2, 0.25) is 0 Å². The summed E-state index contributed by atoms with van der Waals surface area (Å²) in [6.45, 7) is 1.87. The average molecular weight is 412 g/mol. The minimum Gasteiger partial charge on any atom is -0.339 e. The summed E-state index contributed by atoms with van der Waals surface area (Å²) in [5, 5.41) is 3.97. The highest BCUT2D eigenvalue weighted by molar-refractivity contribution is 7.94. The predicted molar refractivity (Wildman–Crippen MR) is 107 cm³/mol. The summed E-state index contributed by atoms with van der Waals surface area (Å²) in [5.41, 5.74) is 1.97. The molecule has 0 saturated heterocycles. The number of anilines is 1. The van der Waals surface area contributed by atoms with Crippen molar-refractivity contribution < 1.29 is 12.9 Å². The number of nitrogens with zero attached hydrogens (tertiary/aromatic N) is 3. The van der Waals surface area contributed by atoms with E-state index in [0.29, 0.717) is 23.8 Å². The van der Waals surface area contributed by atoms with Gasteiger partial charge in [-0.1, -0.05) is 23.4 Å². The lowest BCUT2D eigenvalue weighted by atomic mass is 10.1. The first kappa shape index (κ1) is 18.3. The van der Waals surface area contributed by atoms with Crippen molar-refractivity contribution in [2.75, 3.05) is 4.72 Å². The monoisotopic (exact) mass is 412 g/mol. The van der Waals surface area contributed by atoms with Crippen LogP contribution in [0.25, 0.3) is 11.4 Å². The van der Waals surface area contributed by atoms with Crippen molar-refractivity contribution in [3.63, 3.8) is 0 Å². The molecule has 3 aromatic heterocycles. The van der Waals surface area contributed by atoms with Crippen molar-refractivity contribution in [2.24, 2.45) is 0 Å². The number of hydrogen-bond acceptors (Lipinski definition) is 7. The molecule has 0 spiro atoms. The van der Waals surface area contributed by atoms with Gasteiger partial charge in [-0.05, 0) is 42.8 Å². The van der Waals surface area contributed by atoms with Crippen molar-refractivity contribution in [3.8, 4) is 11.4 Å². The topological polar surface area (TPSA) is 98.0 Å². The third kappa shape index (κ3) is 3.95. The minimum atomic E-state index is -3.65. The number of aromatic nitrogens is 3. The molecule has 4 aromatic rings. The number of sulfonamides is 1. The molecule has 0 amide bonds. The molecule has 142 valence electrons. The number of nitrogens with one attached hydrogen (secondary N) is 1. The van der Waals surface area contributed by atoms with E-state index in [0.717, 1.165) is 16.0 Å². The molecule has 1 N–H and O–H groups in total. The maximum absolute atomic E-state index is 12.6. The normalized spacial score (nSPS) is 11.5. The van der Waals surface area contributed by atoms with E-state index in [4.69, 9.17) is 4.52 Å². The van der Waals surface area contributed by atoms with Gasteiger partial charge in [0.05, 0.1) is 12.1 Å². The van der Waals surface area contributed by atoms with Gasteiger partial charge in [0.25, 0.3) is 10.0 Å². The highest BCUT2D eigenvalue weighted by Crippen LogP contribution is 2.26. The number of hydrogen-bond donors (Lipinski definition) is 1. The molecule has 0 bridgehead atoms. The lowest BCUT2D eigenvalue weighted by Gasteiger charge is -2.10. The van der Waals surface area contributed by atoms with Crippen LogP contribution in [0.15, 0.2) is 69.7 Å². The number of thiophene rings is 1. The largest absolute Gasteiger partial charge is 0.339 e. The molecule has 9 heteroatoms. The second-order valence-electron chi connectivity index (χ2n) is 6.06. The zero-order valence-corrected chi connectivity index (χ0v) is 16.5. The van der Waals surface area contributed by atoms with Gasteiger partial charge >= 0.3 is 0 Å². The Balaban J connectivity index is 1.58. The van der Waals surface area contributed by atoms with Crippen molar-refractivity contribution >= 4 is 27.0 Å². The standard InChI is InChI=1S/C19H16N4O3S2/c1-13-8-9-18(27-13)28(24,25)23-16-7-3-2-5-14(16)11-17-21-19(22-26-17)15-6-4-10-20-12-15/h2-10,12,23H,11H2,1H3. The van der Waals surface area contributed by atoms with Gasteiger partial charge < -0.3 is 4.52 Å². The van der Waals surface area contributed by atoms with Crippen LogP contribution in [0, 0.1) is 6.92 Å². The van der Waals surface area contributed by atoms with E-state index < -0.39 is 10.0 Å². The van der Waals surface area contributed by atoms with Crippen molar-refractivity contribution in [1.29, 1.82) is 0 Å². The maximum Gasteiger partial charge on any atom is 0.271 e. The van der Waals surface area contributed by atoms with E-state index in [1.54, 1.807) is 42.7 Å². The van der Waals surface area contributed by atoms with Gasteiger partial charge in [0.1, 0.15) is 4.21 Å². The van der Waals surface area contributed by atoms with Gasteiger partial charge in [-0.15, -0.1) is 11.3 Å². The molecule has 0 unspecified atom stereocenters. The second kappa shape index (κ2) is 7.53. The van der Waals surface area contributed by atoms with E-state index in [1.807, 2.05) is 25.1 Å². The lowest BCUT2D eigenvalue weighted by Crippen LogP contribution is -2.13. The zero-order valence-electron chi connectivity index (χ0n) is 14.9. The van der Waals surface area contributed by atoms with E-state index in [9.17, 15) is 8.42 Å². The average Bonchev–Trinajstić information content (AvgIpc) is 3.33. The molecule has 0 fully saturated rings. The molecule has 3 heterocycles. The highest BCUT2D eigenvalue weighted by atomic mass is 32.2. The first-order valence-corrected chi connectivity index (χ1v) is 10.7. The summed E-state index contributed by atoms with van der Waals surface area (Å²) in [6, 6.07) is 14.2. The first-order chi connectivity index (χ1) is 13.5. The molecule has 1 aromatic carbocycles. The molecule has 28 heavy (non-hydrogen) atoms. The van der Waals surface area contributed by atoms with E-state index in [2.05, 4.69) is 19.8 Å². The molecule has 0 saturated carbocycles. The smallest absolute Gasteiger partial charge is 0.271 e. The van der Waals surface area contributed by atoms with E-state index >= 15 is 0 Å². The fourth-order valence-corrected chi connectivity index (χ4v) is 5.01. The van der Waals surface area contributed by atoms with Crippen LogP contribution < -0.4 is 4.72 Å². The van der Waals surface area contributed by atoms with Crippen molar-refractivity contribution in [2.45, 2.75) is 17.6 Å². The number of pyridine rings is 1. The minimum absolute atomic E-state index is 0.274. The van der Waals surface area contributed by atoms with Crippen LogP contribution in [-0.4, -0.2) is 23.5 Å². The Bertz CT molecular complexity index is 1200. The quantitative estimate of drug-likeness (QED) is 0.516. The lowest BCUT2D eigenvalue weighted by molar-refractivity contribution is 0.386.